The third-order valence-electron chi connectivity index (χ3n) is 2.34. The van der Waals surface area contributed by atoms with Gasteiger partial charge in [0.15, 0.2) is 0 Å². The van der Waals surface area contributed by atoms with Crippen LogP contribution in [0.2, 0.25) is 0 Å². The molecule has 0 N–H and O–H groups in total. The molecule has 0 fully saturated rings. The van der Waals surface area contributed by atoms with Crippen LogP contribution in [0.4, 0.5) is 10.5 Å². The van der Waals surface area contributed by atoms with E-state index in [0.717, 1.165) is 22.6 Å². The monoisotopic (exact) mass is 271 g/mol. The molecule has 82 valence electrons. The zero-order valence-electron chi connectivity index (χ0n) is 9.30. The van der Waals surface area contributed by atoms with Crippen molar-refractivity contribution < 1.29 is 9.53 Å². The Bertz CT molecular complexity index is 390. The summed E-state index contributed by atoms with van der Waals surface area (Å²) < 4.78 is 5.21. The fourth-order valence-electron chi connectivity index (χ4n) is 1.45. The van der Waals surface area contributed by atoms with Crippen molar-refractivity contribution in [2.75, 3.05) is 19.1 Å². The second kappa shape index (κ2) is 4.66. The first-order chi connectivity index (χ1) is 6.97. The largest absolute Gasteiger partial charge is 0.496 e. The highest BCUT2D eigenvalue weighted by atomic mass is 79.9. The fourth-order valence-corrected chi connectivity index (χ4v) is 1.64. The van der Waals surface area contributed by atoms with Crippen LogP contribution in [0.25, 0.3) is 0 Å². The van der Waals surface area contributed by atoms with E-state index in [2.05, 4.69) is 15.9 Å². The Balaban J connectivity index is 3.21. The van der Waals surface area contributed by atoms with Crippen molar-refractivity contribution in [3.63, 3.8) is 0 Å². The average Bonchev–Trinajstić information content (AvgIpc) is 2.19. The van der Waals surface area contributed by atoms with Crippen LogP contribution in [0.3, 0.4) is 0 Å². The van der Waals surface area contributed by atoms with Crippen molar-refractivity contribution in [1.29, 1.82) is 0 Å². The van der Waals surface area contributed by atoms with Gasteiger partial charge in [0.2, 0.25) is 0 Å². The van der Waals surface area contributed by atoms with Gasteiger partial charge in [0.25, 0.3) is 4.82 Å². The minimum absolute atomic E-state index is 0.157. The molecule has 15 heavy (non-hydrogen) atoms. The number of halogens is 1. The minimum Gasteiger partial charge on any atom is -0.496 e. The van der Waals surface area contributed by atoms with Gasteiger partial charge in [-0.25, -0.2) is 0 Å². The van der Waals surface area contributed by atoms with E-state index in [9.17, 15) is 4.79 Å². The molecular formula is C11H14BrNO2. The van der Waals surface area contributed by atoms with Crippen LogP contribution >= 0.6 is 15.9 Å². The Hall–Kier alpha value is -1.03. The molecule has 0 saturated heterocycles. The normalized spacial score (nSPS) is 9.93. The predicted molar refractivity (Wildman–Crippen MR) is 65.2 cm³/mol. The van der Waals surface area contributed by atoms with E-state index in [1.807, 2.05) is 26.0 Å². The predicted octanol–water partition coefficient (Wildman–Crippen LogP) is 3.26. The summed E-state index contributed by atoms with van der Waals surface area (Å²) in [6.07, 6.45) is 0. The third-order valence-corrected chi connectivity index (χ3v) is 2.87. The molecule has 0 unspecified atom stereocenters. The van der Waals surface area contributed by atoms with Crippen LogP contribution in [0, 0.1) is 13.8 Å². The molecule has 1 aromatic rings. The van der Waals surface area contributed by atoms with E-state index in [1.54, 1.807) is 19.1 Å². The van der Waals surface area contributed by atoms with E-state index in [-0.39, 0.29) is 4.82 Å². The fraction of sp³-hybridized carbons (Fsp3) is 0.364. The van der Waals surface area contributed by atoms with E-state index in [0.29, 0.717) is 0 Å². The van der Waals surface area contributed by atoms with Crippen LogP contribution in [-0.2, 0) is 0 Å². The van der Waals surface area contributed by atoms with Gasteiger partial charge in [-0.3, -0.25) is 4.79 Å². The van der Waals surface area contributed by atoms with E-state index < -0.39 is 0 Å². The minimum atomic E-state index is -0.157. The number of aryl methyl sites for hydroxylation is 2. The number of rotatable bonds is 2. The van der Waals surface area contributed by atoms with Gasteiger partial charge in [-0.15, -0.1) is 0 Å². The van der Waals surface area contributed by atoms with Gasteiger partial charge < -0.3 is 9.64 Å². The standard InChI is InChI=1S/C11H14BrNO2/c1-7-6-10(15-4)8(2)5-9(7)13(3)11(12)14/h5-6H,1-4H3. The molecule has 0 bridgehead atoms. The molecule has 0 aliphatic rings. The van der Waals surface area contributed by atoms with Crippen LogP contribution in [0.15, 0.2) is 12.1 Å². The van der Waals surface area contributed by atoms with Crippen molar-refractivity contribution >= 4 is 26.4 Å². The lowest BCUT2D eigenvalue weighted by atomic mass is 10.1. The van der Waals surface area contributed by atoms with Crippen molar-refractivity contribution in [3.05, 3.63) is 23.3 Å². The molecule has 0 aliphatic heterocycles. The second-order valence-electron chi connectivity index (χ2n) is 3.42. The van der Waals surface area contributed by atoms with Gasteiger partial charge in [-0.1, -0.05) is 0 Å². The van der Waals surface area contributed by atoms with Gasteiger partial charge in [0, 0.05) is 28.7 Å². The van der Waals surface area contributed by atoms with E-state index >= 15 is 0 Å². The Kier molecular flexibility index (Phi) is 3.74. The molecule has 0 heterocycles. The number of ether oxygens (including phenoxy) is 1. The summed E-state index contributed by atoms with van der Waals surface area (Å²) in [6, 6.07) is 3.87. The highest BCUT2D eigenvalue weighted by Crippen LogP contribution is 2.28. The lowest BCUT2D eigenvalue weighted by Gasteiger charge is -2.18. The summed E-state index contributed by atoms with van der Waals surface area (Å²) in [7, 11) is 3.37. The molecule has 4 heteroatoms. The van der Waals surface area contributed by atoms with Gasteiger partial charge in [0.05, 0.1) is 7.11 Å². The summed E-state index contributed by atoms with van der Waals surface area (Å²) in [4.78, 5) is 12.6. The molecule has 1 rings (SSSR count). The number of methoxy groups -OCH3 is 1. The lowest BCUT2D eigenvalue weighted by molar-refractivity contribution is 0.267. The molecule has 0 atom stereocenters. The molecular weight excluding hydrogens is 258 g/mol. The SMILES string of the molecule is COc1cc(C)c(N(C)C(=O)Br)cc1C. The zero-order chi connectivity index (χ0) is 11.6. The number of hydrogen-bond donors (Lipinski definition) is 0. The molecule has 0 aromatic heterocycles. The maximum atomic E-state index is 11.2. The number of nitrogens with zero attached hydrogens (tertiary/aromatic N) is 1. The van der Waals surface area contributed by atoms with Crippen LogP contribution in [-0.4, -0.2) is 19.0 Å². The summed E-state index contributed by atoms with van der Waals surface area (Å²) in [5, 5.41) is 0. The first-order valence-electron chi connectivity index (χ1n) is 4.55. The molecule has 1 amide bonds. The first-order valence-corrected chi connectivity index (χ1v) is 5.35. The highest BCUT2D eigenvalue weighted by molar-refractivity contribution is 9.18. The van der Waals surface area contributed by atoms with Crippen molar-refractivity contribution in [3.8, 4) is 5.75 Å². The average molecular weight is 272 g/mol. The van der Waals surface area contributed by atoms with Gasteiger partial charge in [0.1, 0.15) is 5.75 Å². The summed E-state index contributed by atoms with van der Waals surface area (Å²) in [5.74, 6) is 0.840. The maximum absolute atomic E-state index is 11.2. The number of anilines is 1. The Morgan fingerprint density at radius 3 is 2.40 bits per heavy atom. The molecule has 0 aliphatic carbocycles. The van der Waals surface area contributed by atoms with E-state index in [4.69, 9.17) is 4.74 Å². The van der Waals surface area contributed by atoms with Gasteiger partial charge in [-0.2, -0.15) is 0 Å². The lowest BCUT2D eigenvalue weighted by Crippen LogP contribution is -2.20. The molecule has 3 nitrogen and oxygen atoms in total. The van der Waals surface area contributed by atoms with Gasteiger partial charge in [-0.05, 0) is 37.1 Å². The van der Waals surface area contributed by atoms with Crippen LogP contribution in [0.1, 0.15) is 11.1 Å². The van der Waals surface area contributed by atoms with Gasteiger partial charge >= 0.3 is 0 Å². The number of carbonyl (C=O) groups excluding carboxylic acids is 1. The number of amides is 1. The Morgan fingerprint density at radius 2 is 1.93 bits per heavy atom. The van der Waals surface area contributed by atoms with Crippen molar-refractivity contribution in [2.45, 2.75) is 13.8 Å². The highest BCUT2D eigenvalue weighted by Gasteiger charge is 2.12. The number of hydrogen-bond acceptors (Lipinski definition) is 2. The van der Waals surface area contributed by atoms with E-state index in [1.165, 1.54) is 0 Å². The quantitative estimate of drug-likeness (QED) is 0.611. The summed E-state index contributed by atoms with van der Waals surface area (Å²) >= 11 is 2.93. The second-order valence-corrected chi connectivity index (χ2v) is 4.10. The van der Waals surface area contributed by atoms with Crippen molar-refractivity contribution in [2.24, 2.45) is 0 Å². The molecule has 1 aromatic carbocycles. The van der Waals surface area contributed by atoms with Crippen LogP contribution in [0.5, 0.6) is 5.75 Å². The Morgan fingerprint density at radius 1 is 1.33 bits per heavy atom. The number of benzene rings is 1. The smallest absolute Gasteiger partial charge is 0.293 e. The third kappa shape index (κ3) is 2.50. The van der Waals surface area contributed by atoms with Crippen molar-refractivity contribution in [1.82, 2.24) is 0 Å². The molecule has 0 radical (unpaired) electrons. The maximum Gasteiger partial charge on any atom is 0.293 e. The number of carbonyl (C=O) groups is 1. The molecule has 0 spiro atoms. The summed E-state index contributed by atoms with van der Waals surface area (Å²) in [5.41, 5.74) is 2.90. The zero-order valence-corrected chi connectivity index (χ0v) is 10.9. The molecule has 0 saturated carbocycles. The summed E-state index contributed by atoms with van der Waals surface area (Å²) in [6.45, 7) is 3.90. The topological polar surface area (TPSA) is 29.5 Å². The van der Waals surface area contributed by atoms with Crippen LogP contribution < -0.4 is 9.64 Å². The Labute approximate surface area is 98.2 Å². The first kappa shape index (κ1) is 12.0.